The molecule has 1 aliphatic rings. The Kier molecular flexibility index (Phi) is 4.73. The van der Waals surface area contributed by atoms with Crippen LogP contribution in [-0.4, -0.2) is 33.8 Å². The Balaban J connectivity index is 2.40. The topological polar surface area (TPSA) is 56.8 Å². The molecule has 5 nitrogen and oxygen atoms in total. The van der Waals surface area contributed by atoms with Crippen LogP contribution in [-0.2, 0) is 15.1 Å². The Bertz CT molecular complexity index is 513. The predicted molar refractivity (Wildman–Crippen MR) is 79.6 cm³/mol. The normalized spacial score (nSPS) is 17.0. The molecule has 2 rings (SSSR count). The molecule has 1 atom stereocenters. The number of carbonyl (C=O) groups is 1. The molecule has 0 aromatic heterocycles. The lowest BCUT2D eigenvalue weighted by molar-refractivity contribution is -0.148. The van der Waals surface area contributed by atoms with Crippen LogP contribution in [0, 0.1) is 5.92 Å². The van der Waals surface area contributed by atoms with Gasteiger partial charge in [-0.05, 0) is 50.4 Å². The molecule has 0 heterocycles. The summed E-state index contributed by atoms with van der Waals surface area (Å²) in [5, 5.41) is 3.34. The highest BCUT2D eigenvalue weighted by atomic mass is 16.5. The summed E-state index contributed by atoms with van der Waals surface area (Å²) in [5.41, 5.74) is -0.242. The fourth-order valence-corrected chi connectivity index (χ4v) is 2.36. The maximum atomic E-state index is 12.4. The number of carbonyl (C=O) groups excluding carboxylic acids is 1. The summed E-state index contributed by atoms with van der Waals surface area (Å²) in [6.07, 6.45) is 2.42. The molecular weight excluding hydrogens is 270 g/mol. The van der Waals surface area contributed by atoms with Gasteiger partial charge in [0.1, 0.15) is 17.0 Å². The first-order valence-electron chi connectivity index (χ1n) is 7.11. The molecular formula is C16H23NO4. The van der Waals surface area contributed by atoms with Crippen molar-refractivity contribution in [3.63, 3.8) is 0 Å². The zero-order valence-electron chi connectivity index (χ0n) is 13.1. The number of nitrogens with one attached hydrogen (secondary N) is 1. The van der Waals surface area contributed by atoms with Crippen LogP contribution in [0.4, 0.5) is 0 Å². The van der Waals surface area contributed by atoms with Crippen molar-refractivity contribution < 1.29 is 19.0 Å². The van der Waals surface area contributed by atoms with Crippen molar-refractivity contribution in [3.8, 4) is 11.5 Å². The van der Waals surface area contributed by atoms with E-state index in [-0.39, 0.29) is 5.97 Å². The standard InChI is InChI=1S/C16H23NO4/c1-16(15(18)21-4,17-10-11-5-6-11)13-9-12(19-2)7-8-14(13)20-3/h7-9,11,17H,5-6,10H2,1-4H3. The summed E-state index contributed by atoms with van der Waals surface area (Å²) < 4.78 is 15.7. The minimum absolute atomic E-state index is 0.338. The van der Waals surface area contributed by atoms with Gasteiger partial charge in [-0.3, -0.25) is 5.32 Å². The molecule has 1 aliphatic carbocycles. The monoisotopic (exact) mass is 293 g/mol. The molecule has 0 radical (unpaired) electrons. The van der Waals surface area contributed by atoms with Gasteiger partial charge in [-0.15, -0.1) is 0 Å². The summed E-state index contributed by atoms with van der Waals surface area (Å²) in [5.74, 6) is 1.61. The van der Waals surface area contributed by atoms with E-state index in [2.05, 4.69) is 5.32 Å². The lowest BCUT2D eigenvalue weighted by atomic mass is 9.90. The van der Waals surface area contributed by atoms with Crippen molar-refractivity contribution in [2.45, 2.75) is 25.3 Å². The number of hydrogen-bond donors (Lipinski definition) is 1. The quantitative estimate of drug-likeness (QED) is 0.780. The molecule has 1 aromatic carbocycles. The molecule has 1 fully saturated rings. The van der Waals surface area contributed by atoms with Crippen molar-refractivity contribution in [2.24, 2.45) is 5.92 Å². The number of hydrogen-bond acceptors (Lipinski definition) is 5. The van der Waals surface area contributed by atoms with E-state index in [9.17, 15) is 4.79 Å². The zero-order chi connectivity index (χ0) is 15.5. The zero-order valence-corrected chi connectivity index (χ0v) is 13.1. The van der Waals surface area contributed by atoms with Crippen LogP contribution in [0.2, 0.25) is 0 Å². The van der Waals surface area contributed by atoms with Crippen LogP contribution in [0.3, 0.4) is 0 Å². The summed E-state index contributed by atoms with van der Waals surface area (Å²) in [7, 11) is 4.58. The number of ether oxygens (including phenoxy) is 3. The Labute approximate surface area is 125 Å². The number of esters is 1. The van der Waals surface area contributed by atoms with Crippen molar-refractivity contribution in [1.29, 1.82) is 0 Å². The molecule has 0 saturated heterocycles. The minimum atomic E-state index is -0.961. The lowest BCUT2D eigenvalue weighted by Gasteiger charge is -2.30. The molecule has 1 saturated carbocycles. The highest BCUT2D eigenvalue weighted by Crippen LogP contribution is 2.36. The molecule has 0 amide bonds. The van der Waals surface area contributed by atoms with Gasteiger partial charge in [-0.1, -0.05) is 0 Å². The number of benzene rings is 1. The van der Waals surface area contributed by atoms with Gasteiger partial charge >= 0.3 is 5.97 Å². The smallest absolute Gasteiger partial charge is 0.330 e. The second-order valence-electron chi connectivity index (χ2n) is 5.51. The van der Waals surface area contributed by atoms with Gasteiger partial charge in [-0.25, -0.2) is 4.79 Å². The molecule has 0 bridgehead atoms. The van der Waals surface area contributed by atoms with Gasteiger partial charge in [0.05, 0.1) is 21.3 Å². The van der Waals surface area contributed by atoms with Crippen LogP contribution in [0.25, 0.3) is 0 Å². The van der Waals surface area contributed by atoms with Gasteiger partial charge in [0.2, 0.25) is 0 Å². The summed E-state index contributed by atoms with van der Waals surface area (Å²) in [4.78, 5) is 12.4. The van der Waals surface area contributed by atoms with Crippen LogP contribution >= 0.6 is 0 Å². The third-order valence-corrected chi connectivity index (χ3v) is 3.98. The highest BCUT2D eigenvalue weighted by molar-refractivity contribution is 5.83. The average molecular weight is 293 g/mol. The summed E-state index contributed by atoms with van der Waals surface area (Å²) in [6.45, 7) is 2.60. The van der Waals surface area contributed by atoms with E-state index < -0.39 is 5.54 Å². The molecule has 1 unspecified atom stereocenters. The van der Waals surface area contributed by atoms with Crippen LogP contribution in [0.15, 0.2) is 18.2 Å². The highest BCUT2D eigenvalue weighted by Gasteiger charge is 2.40. The second kappa shape index (κ2) is 6.35. The maximum absolute atomic E-state index is 12.4. The van der Waals surface area contributed by atoms with E-state index in [1.54, 1.807) is 26.4 Å². The van der Waals surface area contributed by atoms with E-state index in [4.69, 9.17) is 14.2 Å². The largest absolute Gasteiger partial charge is 0.497 e. The molecule has 5 heteroatoms. The first kappa shape index (κ1) is 15.6. The summed E-state index contributed by atoms with van der Waals surface area (Å²) in [6, 6.07) is 5.42. The van der Waals surface area contributed by atoms with Crippen LogP contribution < -0.4 is 14.8 Å². The van der Waals surface area contributed by atoms with E-state index >= 15 is 0 Å². The van der Waals surface area contributed by atoms with Gasteiger partial charge in [0, 0.05) is 5.56 Å². The Hall–Kier alpha value is -1.75. The van der Waals surface area contributed by atoms with E-state index in [0.717, 1.165) is 12.1 Å². The number of methoxy groups -OCH3 is 3. The molecule has 0 spiro atoms. The minimum Gasteiger partial charge on any atom is -0.497 e. The van der Waals surface area contributed by atoms with Gasteiger partial charge in [0.15, 0.2) is 0 Å². The van der Waals surface area contributed by atoms with Crippen LogP contribution in [0.1, 0.15) is 25.3 Å². The van der Waals surface area contributed by atoms with Crippen molar-refractivity contribution in [2.75, 3.05) is 27.9 Å². The first-order valence-corrected chi connectivity index (χ1v) is 7.11. The second-order valence-corrected chi connectivity index (χ2v) is 5.51. The maximum Gasteiger partial charge on any atom is 0.330 e. The molecule has 1 N–H and O–H groups in total. The van der Waals surface area contributed by atoms with Crippen LogP contribution in [0.5, 0.6) is 11.5 Å². The fourth-order valence-electron chi connectivity index (χ4n) is 2.36. The SMILES string of the molecule is COC(=O)C(C)(NCC1CC1)c1cc(OC)ccc1OC. The van der Waals surface area contributed by atoms with Crippen molar-refractivity contribution >= 4 is 5.97 Å². The van der Waals surface area contributed by atoms with Crippen molar-refractivity contribution in [1.82, 2.24) is 5.32 Å². The molecule has 21 heavy (non-hydrogen) atoms. The number of rotatable bonds is 7. The fraction of sp³-hybridized carbons (Fsp3) is 0.562. The van der Waals surface area contributed by atoms with Gasteiger partial charge < -0.3 is 14.2 Å². The third kappa shape index (κ3) is 3.29. The lowest BCUT2D eigenvalue weighted by Crippen LogP contribution is -2.48. The molecule has 1 aromatic rings. The summed E-state index contributed by atoms with van der Waals surface area (Å²) >= 11 is 0. The third-order valence-electron chi connectivity index (χ3n) is 3.98. The van der Waals surface area contributed by atoms with E-state index in [0.29, 0.717) is 17.4 Å². The Morgan fingerprint density at radius 2 is 2.00 bits per heavy atom. The van der Waals surface area contributed by atoms with Gasteiger partial charge in [0.25, 0.3) is 0 Å². The average Bonchev–Trinajstić information content (AvgIpc) is 3.35. The van der Waals surface area contributed by atoms with Gasteiger partial charge in [-0.2, -0.15) is 0 Å². The first-order chi connectivity index (χ1) is 10.0. The predicted octanol–water partition coefficient (Wildman–Crippen LogP) is 2.09. The van der Waals surface area contributed by atoms with E-state index in [1.807, 2.05) is 13.0 Å². The molecule has 116 valence electrons. The molecule has 0 aliphatic heterocycles. The van der Waals surface area contributed by atoms with E-state index in [1.165, 1.54) is 20.0 Å². The van der Waals surface area contributed by atoms with Crippen molar-refractivity contribution in [3.05, 3.63) is 23.8 Å². The Morgan fingerprint density at radius 1 is 1.29 bits per heavy atom. The Morgan fingerprint density at radius 3 is 2.52 bits per heavy atom.